The van der Waals surface area contributed by atoms with Crippen LogP contribution in [0, 0.1) is 0 Å². The number of hydrogen-bond acceptors (Lipinski definition) is 4. The number of rotatable bonds is 4. The number of amides is 1. The van der Waals surface area contributed by atoms with Crippen LogP contribution in [0.2, 0.25) is 0 Å². The second kappa shape index (κ2) is 8.36. The van der Waals surface area contributed by atoms with Gasteiger partial charge in [-0.25, -0.2) is 0 Å². The highest BCUT2D eigenvalue weighted by Crippen LogP contribution is 2.47. The fourth-order valence-corrected chi connectivity index (χ4v) is 4.25. The number of benzene rings is 2. The van der Waals surface area contributed by atoms with Gasteiger partial charge in [0, 0.05) is 11.3 Å². The Bertz CT molecular complexity index is 978. The molecule has 1 spiro atoms. The number of methoxy groups -OCH3 is 1. The average Bonchev–Trinajstić information content (AvgIpc) is 3.18. The summed E-state index contributed by atoms with van der Waals surface area (Å²) in [6, 6.07) is 14.3. The van der Waals surface area contributed by atoms with E-state index in [1.807, 2.05) is 47.8 Å². The van der Waals surface area contributed by atoms with Gasteiger partial charge in [-0.15, -0.1) is 0 Å². The van der Waals surface area contributed by atoms with E-state index in [-0.39, 0.29) is 11.7 Å². The van der Waals surface area contributed by atoms with Gasteiger partial charge in [-0.2, -0.15) is 13.2 Å². The molecule has 0 bridgehead atoms. The van der Waals surface area contributed by atoms with Gasteiger partial charge in [0.25, 0.3) is 0 Å². The van der Waals surface area contributed by atoms with Crippen LogP contribution in [0.1, 0.15) is 36.1 Å². The minimum absolute atomic E-state index is 0.0254. The molecule has 0 aliphatic carbocycles. The first-order valence-corrected chi connectivity index (χ1v) is 10.0. The molecule has 0 radical (unpaired) electrons. The van der Waals surface area contributed by atoms with Gasteiger partial charge in [-0.3, -0.25) is 4.79 Å². The zero-order valence-electron chi connectivity index (χ0n) is 16.9. The van der Waals surface area contributed by atoms with Gasteiger partial charge >= 0.3 is 12.1 Å². The topological polar surface area (TPSA) is 59.6 Å². The van der Waals surface area contributed by atoms with Crippen LogP contribution in [-0.2, 0) is 9.53 Å². The number of carbonyl (C=O) groups excluding carboxylic acids is 1. The first-order chi connectivity index (χ1) is 14.8. The zero-order valence-corrected chi connectivity index (χ0v) is 16.9. The van der Waals surface area contributed by atoms with Crippen molar-refractivity contribution in [3.05, 3.63) is 71.8 Å². The SMILES string of the molecule is COc1ccc(NC(=O)C(F)(F)F)cc1C1C=C[C@@]2(CCCN[C@H]2c2ccccc2)O1. The maximum atomic E-state index is 12.6. The molecule has 2 aliphatic heterocycles. The van der Waals surface area contributed by atoms with E-state index in [9.17, 15) is 18.0 Å². The number of anilines is 1. The molecular weight excluding hydrogens is 409 g/mol. The van der Waals surface area contributed by atoms with Gasteiger partial charge in [0.05, 0.1) is 13.2 Å². The van der Waals surface area contributed by atoms with Gasteiger partial charge in [0.1, 0.15) is 17.5 Å². The van der Waals surface area contributed by atoms with Crippen molar-refractivity contribution in [2.45, 2.75) is 36.8 Å². The van der Waals surface area contributed by atoms with Crippen molar-refractivity contribution in [1.82, 2.24) is 5.32 Å². The Morgan fingerprint density at radius 2 is 2.00 bits per heavy atom. The number of hydrogen-bond donors (Lipinski definition) is 2. The van der Waals surface area contributed by atoms with Gasteiger partial charge in [0.15, 0.2) is 0 Å². The molecule has 31 heavy (non-hydrogen) atoms. The van der Waals surface area contributed by atoms with Crippen LogP contribution < -0.4 is 15.4 Å². The molecule has 0 saturated carbocycles. The molecule has 8 heteroatoms. The largest absolute Gasteiger partial charge is 0.496 e. The van der Waals surface area contributed by atoms with Crippen molar-refractivity contribution >= 4 is 11.6 Å². The normalized spacial score (nSPS) is 25.5. The first kappa shape index (κ1) is 21.4. The molecular formula is C23H23F3N2O3. The quantitative estimate of drug-likeness (QED) is 0.689. The van der Waals surface area contributed by atoms with Crippen LogP contribution in [0.15, 0.2) is 60.7 Å². The Balaban J connectivity index is 1.61. The summed E-state index contributed by atoms with van der Waals surface area (Å²) in [6.07, 6.45) is 0.171. The van der Waals surface area contributed by atoms with E-state index in [1.165, 1.54) is 25.3 Å². The predicted molar refractivity (Wildman–Crippen MR) is 110 cm³/mol. The molecule has 1 saturated heterocycles. The van der Waals surface area contributed by atoms with E-state index in [0.29, 0.717) is 11.3 Å². The van der Waals surface area contributed by atoms with E-state index < -0.39 is 23.8 Å². The lowest BCUT2D eigenvalue weighted by Gasteiger charge is -2.41. The third kappa shape index (κ3) is 4.31. The number of carbonyl (C=O) groups is 1. The number of halogens is 3. The number of nitrogens with one attached hydrogen (secondary N) is 2. The Morgan fingerprint density at radius 3 is 2.71 bits per heavy atom. The van der Waals surface area contributed by atoms with Crippen molar-refractivity contribution in [1.29, 1.82) is 0 Å². The molecule has 2 aromatic rings. The highest BCUT2D eigenvalue weighted by Gasteiger charge is 2.46. The number of alkyl halides is 3. The molecule has 2 aliphatic rings. The molecule has 3 atom stereocenters. The van der Waals surface area contributed by atoms with Crippen LogP contribution in [0.3, 0.4) is 0 Å². The van der Waals surface area contributed by atoms with Crippen LogP contribution in [-0.4, -0.2) is 31.3 Å². The highest BCUT2D eigenvalue weighted by atomic mass is 19.4. The lowest BCUT2D eigenvalue weighted by atomic mass is 9.82. The molecule has 2 N–H and O–H groups in total. The van der Waals surface area contributed by atoms with E-state index in [1.54, 1.807) is 0 Å². The average molecular weight is 432 g/mol. The lowest BCUT2D eigenvalue weighted by molar-refractivity contribution is -0.167. The summed E-state index contributed by atoms with van der Waals surface area (Å²) in [5, 5.41) is 5.42. The summed E-state index contributed by atoms with van der Waals surface area (Å²) in [7, 11) is 1.48. The molecule has 2 aromatic carbocycles. The Morgan fingerprint density at radius 1 is 1.23 bits per heavy atom. The summed E-state index contributed by atoms with van der Waals surface area (Å²) in [5.74, 6) is -1.56. The smallest absolute Gasteiger partial charge is 0.471 e. The highest BCUT2D eigenvalue weighted by molar-refractivity contribution is 5.95. The molecule has 0 aromatic heterocycles. The summed E-state index contributed by atoms with van der Waals surface area (Å²) < 4.78 is 49.9. The molecule has 164 valence electrons. The zero-order chi connectivity index (χ0) is 22.1. The van der Waals surface area contributed by atoms with Crippen LogP contribution >= 0.6 is 0 Å². The summed E-state index contributed by atoms with van der Waals surface area (Å²) >= 11 is 0. The first-order valence-electron chi connectivity index (χ1n) is 10.0. The summed E-state index contributed by atoms with van der Waals surface area (Å²) in [5.41, 5.74) is 1.09. The third-order valence-electron chi connectivity index (χ3n) is 5.67. The van der Waals surface area contributed by atoms with Gasteiger partial charge < -0.3 is 20.1 Å². The van der Waals surface area contributed by atoms with Crippen molar-refractivity contribution in [2.24, 2.45) is 0 Å². The molecule has 1 amide bonds. The standard InChI is InChI=1S/C23H23F3N2O3/c1-30-18-9-8-16(28-21(29)23(24,25)26)14-17(18)19-10-12-22(31-19)11-5-13-27-20(22)15-6-3-2-4-7-15/h2-4,6-10,12,14,19-20,27H,5,11,13H2,1H3,(H,28,29)/t19?,20-,22+/m0/s1. The maximum Gasteiger partial charge on any atom is 0.471 e. The van der Waals surface area contributed by atoms with Gasteiger partial charge in [-0.1, -0.05) is 42.5 Å². The van der Waals surface area contributed by atoms with E-state index >= 15 is 0 Å². The molecule has 2 heterocycles. The minimum atomic E-state index is -4.97. The van der Waals surface area contributed by atoms with Crippen molar-refractivity contribution in [2.75, 3.05) is 19.0 Å². The molecule has 5 nitrogen and oxygen atoms in total. The Labute approximate surface area is 178 Å². The van der Waals surface area contributed by atoms with Crippen molar-refractivity contribution in [3.63, 3.8) is 0 Å². The third-order valence-corrected chi connectivity index (χ3v) is 5.67. The fraction of sp³-hybridized carbons (Fsp3) is 0.348. The van der Waals surface area contributed by atoms with Crippen molar-refractivity contribution in [3.8, 4) is 5.75 Å². The second-order valence-electron chi connectivity index (χ2n) is 7.66. The number of piperidine rings is 1. The van der Waals surface area contributed by atoms with E-state index in [0.717, 1.165) is 24.9 Å². The Kier molecular flexibility index (Phi) is 5.77. The van der Waals surface area contributed by atoms with Crippen LogP contribution in [0.5, 0.6) is 5.75 Å². The van der Waals surface area contributed by atoms with Gasteiger partial charge in [-0.05, 0) is 43.1 Å². The summed E-state index contributed by atoms with van der Waals surface area (Å²) in [6.45, 7) is 0.867. The van der Waals surface area contributed by atoms with Crippen molar-refractivity contribution < 1.29 is 27.4 Å². The molecule has 1 unspecified atom stereocenters. The van der Waals surface area contributed by atoms with Crippen LogP contribution in [0.4, 0.5) is 18.9 Å². The fourth-order valence-electron chi connectivity index (χ4n) is 4.25. The summed E-state index contributed by atoms with van der Waals surface area (Å²) in [4.78, 5) is 11.3. The minimum Gasteiger partial charge on any atom is -0.496 e. The predicted octanol–water partition coefficient (Wildman–Crippen LogP) is 4.69. The Hall–Kier alpha value is -2.84. The number of ether oxygens (including phenoxy) is 2. The van der Waals surface area contributed by atoms with E-state index in [4.69, 9.17) is 9.47 Å². The van der Waals surface area contributed by atoms with E-state index in [2.05, 4.69) is 5.32 Å². The molecule has 1 fully saturated rings. The maximum absolute atomic E-state index is 12.6. The second-order valence-corrected chi connectivity index (χ2v) is 7.66. The lowest BCUT2D eigenvalue weighted by Crippen LogP contribution is -2.47. The van der Waals surface area contributed by atoms with Crippen LogP contribution in [0.25, 0.3) is 0 Å². The monoisotopic (exact) mass is 432 g/mol. The van der Waals surface area contributed by atoms with Gasteiger partial charge in [0.2, 0.25) is 0 Å². The molecule has 4 rings (SSSR count).